The Morgan fingerprint density at radius 1 is 1.25 bits per heavy atom. The number of hydrogen-bond acceptors (Lipinski definition) is 5. The Morgan fingerprint density at radius 3 is 2.59 bits per heavy atom. The molecule has 2 atom stereocenters. The van der Waals surface area contributed by atoms with Crippen molar-refractivity contribution in [2.75, 3.05) is 26.2 Å². The van der Waals surface area contributed by atoms with Crippen LogP contribution in [0.15, 0.2) is 23.1 Å². The molecule has 3 fully saturated rings. The summed E-state index contributed by atoms with van der Waals surface area (Å²) in [5.74, 6) is 0.477. The Balaban J connectivity index is 1.54. The van der Waals surface area contributed by atoms with E-state index >= 15 is 0 Å². The summed E-state index contributed by atoms with van der Waals surface area (Å²) in [4.78, 5) is 15.3. The molecular formula is C22H31Cl2N3O4S. The van der Waals surface area contributed by atoms with Crippen LogP contribution in [0.2, 0.25) is 10.0 Å². The summed E-state index contributed by atoms with van der Waals surface area (Å²) in [6.45, 7) is 6.08. The number of nitrogens with zero attached hydrogens (tertiary/aromatic N) is 2. The number of carbonyl (C=O) groups excluding carboxylic acids is 1. The van der Waals surface area contributed by atoms with E-state index in [1.54, 1.807) is 12.1 Å². The van der Waals surface area contributed by atoms with Crippen molar-refractivity contribution < 1.29 is 17.9 Å². The van der Waals surface area contributed by atoms with Crippen molar-refractivity contribution in [3.05, 3.63) is 28.2 Å². The Kier molecular flexibility index (Phi) is 7.11. The highest BCUT2D eigenvalue weighted by Gasteiger charge is 2.53. The number of piperidine rings is 1. The number of ether oxygens (including phenoxy) is 1. The predicted molar refractivity (Wildman–Crippen MR) is 124 cm³/mol. The number of amides is 1. The summed E-state index contributed by atoms with van der Waals surface area (Å²) >= 11 is 12.3. The zero-order chi connectivity index (χ0) is 23.1. The van der Waals surface area contributed by atoms with Crippen molar-refractivity contribution >= 4 is 39.1 Å². The molecule has 1 amide bonds. The van der Waals surface area contributed by atoms with Gasteiger partial charge in [0.15, 0.2) is 0 Å². The molecule has 3 aliphatic rings. The molecule has 10 heteroatoms. The van der Waals surface area contributed by atoms with Gasteiger partial charge in [-0.3, -0.25) is 10.1 Å². The molecule has 0 saturated carbocycles. The van der Waals surface area contributed by atoms with E-state index in [1.807, 2.05) is 4.90 Å². The molecule has 178 valence electrons. The first-order valence-electron chi connectivity index (χ1n) is 11.3. The average Bonchev–Trinajstić information content (AvgIpc) is 3.33. The van der Waals surface area contributed by atoms with Crippen LogP contribution in [-0.2, 0) is 19.6 Å². The molecule has 3 heterocycles. The maximum atomic E-state index is 13.3. The monoisotopic (exact) mass is 503 g/mol. The third kappa shape index (κ3) is 4.55. The van der Waals surface area contributed by atoms with Gasteiger partial charge < -0.3 is 9.64 Å². The van der Waals surface area contributed by atoms with Crippen LogP contribution in [0.25, 0.3) is 0 Å². The molecule has 1 N–H and O–H groups in total. The number of nitrogens with one attached hydrogen (secondary N) is 1. The summed E-state index contributed by atoms with van der Waals surface area (Å²) in [7, 11) is -3.79. The van der Waals surface area contributed by atoms with E-state index in [2.05, 4.69) is 19.2 Å². The van der Waals surface area contributed by atoms with Gasteiger partial charge in [-0.25, -0.2) is 8.42 Å². The molecule has 4 rings (SSSR count). The van der Waals surface area contributed by atoms with Gasteiger partial charge in [0, 0.05) is 26.2 Å². The quantitative estimate of drug-likeness (QED) is 0.642. The van der Waals surface area contributed by atoms with E-state index in [-0.39, 0.29) is 33.0 Å². The summed E-state index contributed by atoms with van der Waals surface area (Å²) < 4.78 is 33.8. The van der Waals surface area contributed by atoms with Crippen LogP contribution in [0.5, 0.6) is 0 Å². The second kappa shape index (κ2) is 9.39. The Hall–Kier alpha value is -0.900. The fourth-order valence-corrected chi connectivity index (χ4v) is 7.26. The lowest BCUT2D eigenvalue weighted by Crippen LogP contribution is -2.60. The zero-order valence-electron chi connectivity index (χ0n) is 18.5. The van der Waals surface area contributed by atoms with Crippen LogP contribution in [0.4, 0.5) is 0 Å². The third-order valence-electron chi connectivity index (χ3n) is 6.72. The largest absolute Gasteiger partial charge is 0.376 e. The number of halogens is 2. The minimum absolute atomic E-state index is 0.0203. The summed E-state index contributed by atoms with van der Waals surface area (Å²) in [6, 6.07) is 4.39. The van der Waals surface area contributed by atoms with Crippen molar-refractivity contribution in [1.82, 2.24) is 14.5 Å². The fraction of sp³-hybridized carbons (Fsp3) is 0.682. The van der Waals surface area contributed by atoms with Gasteiger partial charge in [0.2, 0.25) is 15.9 Å². The van der Waals surface area contributed by atoms with Gasteiger partial charge in [-0.05, 0) is 50.2 Å². The number of rotatable bonds is 6. The first-order chi connectivity index (χ1) is 15.1. The number of hydrogen-bond donors (Lipinski definition) is 1. The number of carbonyl (C=O) groups is 1. The molecule has 1 spiro atoms. The molecule has 3 aliphatic heterocycles. The molecule has 1 aromatic rings. The topological polar surface area (TPSA) is 79.0 Å². The molecule has 1 aromatic carbocycles. The molecule has 0 aromatic heterocycles. The van der Waals surface area contributed by atoms with Crippen molar-refractivity contribution in [3.63, 3.8) is 0 Å². The van der Waals surface area contributed by atoms with Gasteiger partial charge in [0.1, 0.15) is 4.90 Å². The lowest BCUT2D eigenvalue weighted by Gasteiger charge is -2.44. The van der Waals surface area contributed by atoms with E-state index in [1.165, 1.54) is 10.4 Å². The molecule has 0 bridgehead atoms. The first-order valence-corrected chi connectivity index (χ1v) is 13.5. The maximum absolute atomic E-state index is 13.3. The van der Waals surface area contributed by atoms with Crippen molar-refractivity contribution in [1.29, 1.82) is 0 Å². The van der Waals surface area contributed by atoms with Gasteiger partial charge in [-0.15, -0.1) is 0 Å². The smallest absolute Gasteiger partial charge is 0.244 e. The van der Waals surface area contributed by atoms with Gasteiger partial charge in [0.25, 0.3) is 0 Å². The molecule has 32 heavy (non-hydrogen) atoms. The summed E-state index contributed by atoms with van der Waals surface area (Å²) in [6.07, 6.45) is 3.78. The molecule has 0 aliphatic carbocycles. The minimum atomic E-state index is -3.79. The van der Waals surface area contributed by atoms with Crippen LogP contribution in [0, 0.1) is 5.92 Å². The van der Waals surface area contributed by atoms with E-state index in [9.17, 15) is 13.2 Å². The lowest BCUT2D eigenvalue weighted by molar-refractivity contribution is -0.135. The van der Waals surface area contributed by atoms with Crippen LogP contribution >= 0.6 is 23.2 Å². The maximum Gasteiger partial charge on any atom is 0.244 e. The van der Waals surface area contributed by atoms with Gasteiger partial charge in [0.05, 0.1) is 27.9 Å². The minimum Gasteiger partial charge on any atom is -0.376 e. The molecule has 7 nitrogen and oxygen atoms in total. The molecular weight excluding hydrogens is 473 g/mol. The Morgan fingerprint density at radius 2 is 1.97 bits per heavy atom. The van der Waals surface area contributed by atoms with Crippen LogP contribution in [-0.4, -0.2) is 67.6 Å². The molecule has 0 unspecified atom stereocenters. The predicted octanol–water partition coefficient (Wildman–Crippen LogP) is 3.50. The Bertz CT molecular complexity index is 958. The average molecular weight is 504 g/mol. The number of sulfonamides is 1. The highest BCUT2D eigenvalue weighted by molar-refractivity contribution is 7.89. The van der Waals surface area contributed by atoms with Gasteiger partial charge >= 0.3 is 0 Å². The second-order valence-corrected chi connectivity index (χ2v) is 12.1. The van der Waals surface area contributed by atoms with Crippen LogP contribution in [0.1, 0.15) is 46.0 Å². The zero-order valence-corrected chi connectivity index (χ0v) is 20.8. The Labute approximate surface area is 200 Å². The third-order valence-corrected chi connectivity index (χ3v) is 9.60. The van der Waals surface area contributed by atoms with Crippen molar-refractivity contribution in [2.24, 2.45) is 5.92 Å². The van der Waals surface area contributed by atoms with Crippen molar-refractivity contribution in [3.8, 4) is 0 Å². The lowest BCUT2D eigenvalue weighted by atomic mass is 9.96. The standard InChI is InChI=1S/C22H31Cl2N3O4S/c1-15(2)13-18-21(28)27(14-16-5-4-12-31-16)22(25-18)8-10-26(11-9-22)32(29,30)19-7-3-6-17(23)20(19)24/h3,6-7,15-16,18,25H,4-5,8-14H2,1-2H3/t16-,18-/m0/s1. The van der Waals surface area contributed by atoms with Gasteiger partial charge in [-0.2, -0.15) is 4.31 Å². The fourth-order valence-electron chi connectivity index (χ4n) is 5.08. The molecule has 0 radical (unpaired) electrons. The van der Waals surface area contributed by atoms with Crippen molar-refractivity contribution in [2.45, 2.75) is 68.7 Å². The van der Waals surface area contributed by atoms with E-state index < -0.39 is 15.7 Å². The van der Waals surface area contributed by atoms with Crippen LogP contribution < -0.4 is 5.32 Å². The normalized spacial score (nSPS) is 26.5. The van der Waals surface area contributed by atoms with E-state index in [0.717, 1.165) is 25.9 Å². The van der Waals surface area contributed by atoms with Gasteiger partial charge in [-0.1, -0.05) is 43.1 Å². The molecule has 3 saturated heterocycles. The van der Waals surface area contributed by atoms with E-state index in [0.29, 0.717) is 38.4 Å². The summed E-state index contributed by atoms with van der Waals surface area (Å²) in [5.41, 5.74) is -0.549. The van der Waals surface area contributed by atoms with E-state index in [4.69, 9.17) is 27.9 Å². The summed E-state index contributed by atoms with van der Waals surface area (Å²) in [5, 5.41) is 3.85. The first kappa shape index (κ1) is 24.2. The van der Waals surface area contributed by atoms with Crippen LogP contribution in [0.3, 0.4) is 0 Å². The SMILES string of the molecule is CC(C)C[C@@H]1NC2(CCN(S(=O)(=O)c3cccc(Cl)c3Cl)CC2)N(C[C@@H]2CCCO2)C1=O. The number of benzene rings is 1. The second-order valence-electron chi connectivity index (χ2n) is 9.40. The highest BCUT2D eigenvalue weighted by atomic mass is 35.5. The highest BCUT2D eigenvalue weighted by Crippen LogP contribution is 2.38.